The monoisotopic (exact) mass is 291 g/mol. The van der Waals surface area contributed by atoms with Gasteiger partial charge in [-0.3, -0.25) is 4.79 Å². The van der Waals surface area contributed by atoms with E-state index in [1.807, 2.05) is 0 Å². The molecule has 104 valence electrons. The van der Waals surface area contributed by atoms with Crippen LogP contribution in [0.3, 0.4) is 0 Å². The van der Waals surface area contributed by atoms with Crippen molar-refractivity contribution in [3.05, 3.63) is 45.5 Å². The fourth-order valence-corrected chi connectivity index (χ4v) is 2.30. The van der Waals surface area contributed by atoms with Crippen molar-refractivity contribution in [3.63, 3.8) is 0 Å². The van der Waals surface area contributed by atoms with Gasteiger partial charge in [0, 0.05) is 0 Å². The van der Waals surface area contributed by atoms with Crippen LogP contribution in [-0.2, 0) is 0 Å². The highest BCUT2D eigenvalue weighted by Gasteiger charge is 2.11. The molecule has 0 saturated heterocycles. The summed E-state index contributed by atoms with van der Waals surface area (Å²) in [5.41, 5.74) is 3.31. The maximum absolute atomic E-state index is 11.8. The number of carbonyl (C=O) groups excluding carboxylic acids is 2. The van der Waals surface area contributed by atoms with Gasteiger partial charge in [0.1, 0.15) is 5.76 Å². The fraction of sp³-hybridized carbons (Fsp3) is 0.154. The van der Waals surface area contributed by atoms with E-state index in [-0.39, 0.29) is 10.8 Å². The van der Waals surface area contributed by atoms with Gasteiger partial charge in [0.2, 0.25) is 0 Å². The van der Waals surface area contributed by atoms with Crippen molar-refractivity contribution < 1.29 is 19.1 Å². The Kier molecular flexibility index (Phi) is 3.99. The average molecular weight is 291 g/mol. The molecule has 0 aliphatic heterocycles. The summed E-state index contributed by atoms with van der Waals surface area (Å²) >= 11 is 1.04. The maximum atomic E-state index is 11.8. The van der Waals surface area contributed by atoms with E-state index < -0.39 is 5.97 Å². The van der Waals surface area contributed by atoms with Crippen molar-refractivity contribution in [2.45, 2.75) is 13.8 Å². The van der Waals surface area contributed by atoms with Crippen molar-refractivity contribution in [2.24, 2.45) is 5.10 Å². The molecule has 0 bridgehead atoms. The highest BCUT2D eigenvalue weighted by molar-refractivity contribution is 7.15. The summed E-state index contributed by atoms with van der Waals surface area (Å²) in [5.74, 6) is -1.11. The molecule has 2 aromatic heterocycles. The van der Waals surface area contributed by atoms with Crippen LogP contribution < -0.4 is 10.5 Å². The Bertz CT molecular complexity index is 684. The number of hydrazone groups is 1. The molecule has 1 amide bonds. The van der Waals surface area contributed by atoms with Crippen LogP contribution >= 0.6 is 11.3 Å². The molecule has 0 spiro atoms. The summed E-state index contributed by atoms with van der Waals surface area (Å²) in [6.07, 6.45) is 1.42. The summed E-state index contributed by atoms with van der Waals surface area (Å²) in [6.45, 7) is 3.35. The van der Waals surface area contributed by atoms with Crippen LogP contribution in [0.5, 0.6) is 0 Å². The fourth-order valence-electron chi connectivity index (χ4n) is 1.51. The first kappa shape index (κ1) is 14.0. The molecule has 1 N–H and O–H groups in total. The summed E-state index contributed by atoms with van der Waals surface area (Å²) in [6, 6.07) is 4.61. The number of aromatic carboxylic acids is 1. The van der Waals surface area contributed by atoms with Crippen molar-refractivity contribution >= 4 is 28.9 Å². The minimum Gasteiger partial charge on any atom is -0.544 e. The molecule has 20 heavy (non-hydrogen) atoms. The molecular weight excluding hydrogens is 280 g/mol. The Hall–Kier alpha value is -2.41. The number of carboxylic acid groups (broad SMARTS) is 1. The highest BCUT2D eigenvalue weighted by Crippen LogP contribution is 2.16. The van der Waals surface area contributed by atoms with Gasteiger partial charge in [0.05, 0.1) is 33.3 Å². The zero-order valence-corrected chi connectivity index (χ0v) is 11.6. The third-order valence-electron chi connectivity index (χ3n) is 2.59. The van der Waals surface area contributed by atoms with Gasteiger partial charge < -0.3 is 14.3 Å². The number of hydrogen-bond acceptors (Lipinski definition) is 6. The molecule has 2 aromatic rings. The molecule has 0 fully saturated rings. The lowest BCUT2D eigenvalue weighted by Gasteiger charge is -2.00. The topological polar surface area (TPSA) is 94.7 Å². The molecule has 7 heteroatoms. The Balaban J connectivity index is 2.09. The van der Waals surface area contributed by atoms with E-state index in [2.05, 4.69) is 10.5 Å². The minimum atomic E-state index is -1.23. The Morgan fingerprint density at radius 1 is 1.30 bits per heavy atom. The van der Waals surface area contributed by atoms with E-state index in [0.717, 1.165) is 11.3 Å². The molecule has 2 heterocycles. The second-order valence-electron chi connectivity index (χ2n) is 3.98. The zero-order chi connectivity index (χ0) is 14.7. The van der Waals surface area contributed by atoms with Gasteiger partial charge in [-0.15, -0.1) is 11.3 Å². The van der Waals surface area contributed by atoms with Gasteiger partial charge >= 0.3 is 0 Å². The molecular formula is C13H11N2O4S-. The number of furan rings is 1. The number of hydrogen-bond donors (Lipinski definition) is 1. The largest absolute Gasteiger partial charge is 0.544 e. The van der Waals surface area contributed by atoms with E-state index in [0.29, 0.717) is 21.9 Å². The van der Waals surface area contributed by atoms with E-state index >= 15 is 0 Å². The summed E-state index contributed by atoms with van der Waals surface area (Å²) < 4.78 is 5.03. The minimum absolute atomic E-state index is 0.117. The first-order valence-corrected chi connectivity index (χ1v) is 6.51. The first-order chi connectivity index (χ1) is 9.49. The summed E-state index contributed by atoms with van der Waals surface area (Å²) in [5, 5.41) is 14.6. The highest BCUT2D eigenvalue weighted by atomic mass is 32.1. The standard InChI is InChI=1S/C13H12N2O4S/c1-7(10-3-4-11(20-10)13(17)18)14-15-12(16)9-5-6-19-8(9)2/h3-6H,1-2H3,(H,15,16)(H,17,18)/p-1/b14-7-. The first-order valence-electron chi connectivity index (χ1n) is 5.69. The predicted molar refractivity (Wildman–Crippen MR) is 71.8 cm³/mol. The van der Waals surface area contributed by atoms with E-state index in [1.165, 1.54) is 12.3 Å². The Labute approximate surface area is 118 Å². The lowest BCUT2D eigenvalue weighted by molar-refractivity contribution is -0.254. The lowest BCUT2D eigenvalue weighted by atomic mass is 10.2. The van der Waals surface area contributed by atoms with Crippen molar-refractivity contribution in [1.29, 1.82) is 0 Å². The van der Waals surface area contributed by atoms with Gasteiger partial charge in [0.15, 0.2) is 0 Å². The molecule has 0 aromatic carbocycles. The number of aryl methyl sites for hydroxylation is 1. The quantitative estimate of drug-likeness (QED) is 0.675. The van der Waals surface area contributed by atoms with Crippen LogP contribution in [0.4, 0.5) is 0 Å². The van der Waals surface area contributed by atoms with E-state index in [9.17, 15) is 14.7 Å². The SMILES string of the molecule is C/C(=N/NC(=O)c1ccoc1C)c1ccc(C(=O)[O-])s1. The van der Waals surface area contributed by atoms with Crippen LogP contribution in [0.15, 0.2) is 34.0 Å². The predicted octanol–water partition coefficient (Wildman–Crippen LogP) is 1.17. The third kappa shape index (κ3) is 2.94. The van der Waals surface area contributed by atoms with E-state index in [1.54, 1.807) is 26.0 Å². The van der Waals surface area contributed by atoms with Gasteiger partial charge in [-0.05, 0) is 32.0 Å². The normalized spacial score (nSPS) is 11.4. The summed E-state index contributed by atoms with van der Waals surface area (Å²) in [7, 11) is 0. The number of carbonyl (C=O) groups is 2. The van der Waals surface area contributed by atoms with Gasteiger partial charge in [-0.25, -0.2) is 5.43 Å². The van der Waals surface area contributed by atoms with Crippen molar-refractivity contribution in [3.8, 4) is 0 Å². The number of rotatable bonds is 4. The van der Waals surface area contributed by atoms with Crippen LogP contribution in [0.25, 0.3) is 0 Å². The molecule has 0 aliphatic carbocycles. The molecule has 0 unspecified atom stereocenters. The molecule has 0 atom stereocenters. The number of nitrogens with zero attached hydrogens (tertiary/aromatic N) is 1. The Morgan fingerprint density at radius 3 is 2.55 bits per heavy atom. The number of thiophene rings is 1. The summed E-state index contributed by atoms with van der Waals surface area (Å²) in [4.78, 5) is 23.2. The smallest absolute Gasteiger partial charge is 0.274 e. The maximum Gasteiger partial charge on any atom is 0.274 e. The zero-order valence-electron chi connectivity index (χ0n) is 10.8. The van der Waals surface area contributed by atoms with Crippen molar-refractivity contribution in [1.82, 2.24) is 5.43 Å². The lowest BCUT2D eigenvalue weighted by Crippen LogP contribution is -2.20. The molecule has 0 aliphatic rings. The average Bonchev–Trinajstić information content (AvgIpc) is 3.04. The number of amides is 1. The van der Waals surface area contributed by atoms with E-state index in [4.69, 9.17) is 4.42 Å². The second-order valence-corrected chi connectivity index (χ2v) is 5.06. The van der Waals surface area contributed by atoms with Gasteiger partial charge in [-0.1, -0.05) is 0 Å². The third-order valence-corrected chi connectivity index (χ3v) is 3.77. The number of nitrogens with one attached hydrogen (secondary N) is 1. The van der Waals surface area contributed by atoms with Crippen LogP contribution in [0.2, 0.25) is 0 Å². The number of carboxylic acids is 1. The molecule has 0 saturated carbocycles. The van der Waals surface area contributed by atoms with Gasteiger partial charge in [0.25, 0.3) is 5.91 Å². The second kappa shape index (κ2) is 5.70. The van der Waals surface area contributed by atoms with Crippen LogP contribution in [-0.4, -0.2) is 17.6 Å². The van der Waals surface area contributed by atoms with Crippen LogP contribution in [0, 0.1) is 6.92 Å². The van der Waals surface area contributed by atoms with Crippen LogP contribution in [0.1, 0.15) is 37.6 Å². The molecule has 2 rings (SSSR count). The van der Waals surface area contributed by atoms with Gasteiger partial charge in [-0.2, -0.15) is 5.10 Å². The molecule has 6 nitrogen and oxygen atoms in total. The Morgan fingerprint density at radius 2 is 2.00 bits per heavy atom. The molecule has 0 radical (unpaired) electrons. The van der Waals surface area contributed by atoms with Crippen molar-refractivity contribution in [2.75, 3.05) is 0 Å².